The second kappa shape index (κ2) is 4.52. The minimum Gasteiger partial charge on any atom is -0.477 e. The van der Waals surface area contributed by atoms with Crippen LogP contribution in [0.5, 0.6) is 0 Å². The van der Waals surface area contributed by atoms with Crippen LogP contribution < -0.4 is 0 Å². The van der Waals surface area contributed by atoms with Crippen molar-refractivity contribution in [1.82, 2.24) is 14.8 Å². The summed E-state index contributed by atoms with van der Waals surface area (Å²) in [5.41, 5.74) is 0.138. The highest BCUT2D eigenvalue weighted by molar-refractivity contribution is 6.32. The number of pyridine rings is 1. The van der Waals surface area contributed by atoms with Gasteiger partial charge in [0.05, 0.1) is 17.3 Å². The van der Waals surface area contributed by atoms with Crippen molar-refractivity contribution in [3.63, 3.8) is 0 Å². The molecule has 0 spiro atoms. The SMILES string of the molecule is O=C(O)c1cc(CO)nn1-c1ncccc1Cl. The molecule has 0 aliphatic rings. The highest BCUT2D eigenvalue weighted by Gasteiger charge is 2.17. The predicted molar refractivity (Wildman–Crippen MR) is 59.3 cm³/mol. The Morgan fingerprint density at radius 2 is 2.29 bits per heavy atom. The monoisotopic (exact) mass is 253 g/mol. The number of halogens is 1. The Kier molecular flexibility index (Phi) is 3.08. The van der Waals surface area contributed by atoms with E-state index in [0.29, 0.717) is 0 Å². The zero-order valence-electron chi connectivity index (χ0n) is 8.54. The number of aliphatic hydroxyl groups excluding tert-OH is 1. The molecule has 0 atom stereocenters. The van der Waals surface area contributed by atoms with Crippen LogP contribution in [0.15, 0.2) is 24.4 Å². The molecule has 6 nitrogen and oxygen atoms in total. The van der Waals surface area contributed by atoms with Gasteiger partial charge in [0.25, 0.3) is 0 Å². The highest BCUT2D eigenvalue weighted by atomic mass is 35.5. The van der Waals surface area contributed by atoms with Gasteiger partial charge in [-0.2, -0.15) is 5.10 Å². The number of carbonyl (C=O) groups is 1. The van der Waals surface area contributed by atoms with E-state index in [1.165, 1.54) is 12.3 Å². The standard InChI is InChI=1S/C10H8ClN3O3/c11-7-2-1-3-12-9(7)14-8(10(16)17)4-6(5-15)13-14/h1-4,15H,5H2,(H,16,17). The zero-order chi connectivity index (χ0) is 12.4. The number of rotatable bonds is 3. The first-order valence-corrected chi connectivity index (χ1v) is 5.05. The molecule has 0 radical (unpaired) electrons. The van der Waals surface area contributed by atoms with Crippen molar-refractivity contribution in [3.8, 4) is 5.82 Å². The summed E-state index contributed by atoms with van der Waals surface area (Å²) in [5.74, 6) is -0.954. The molecule has 0 amide bonds. The second-order valence-electron chi connectivity index (χ2n) is 3.20. The first kappa shape index (κ1) is 11.6. The van der Waals surface area contributed by atoms with Gasteiger partial charge in [-0.3, -0.25) is 0 Å². The minimum atomic E-state index is -1.17. The van der Waals surface area contributed by atoms with Gasteiger partial charge in [0.15, 0.2) is 11.5 Å². The van der Waals surface area contributed by atoms with E-state index in [0.717, 1.165) is 4.68 Å². The number of hydrogen-bond acceptors (Lipinski definition) is 4. The van der Waals surface area contributed by atoms with Crippen molar-refractivity contribution in [1.29, 1.82) is 0 Å². The van der Waals surface area contributed by atoms with Crippen LogP contribution in [0.4, 0.5) is 0 Å². The molecule has 0 aliphatic carbocycles. The zero-order valence-corrected chi connectivity index (χ0v) is 9.29. The molecule has 2 aromatic heterocycles. The van der Waals surface area contributed by atoms with Crippen molar-refractivity contribution in [3.05, 3.63) is 40.8 Å². The number of hydrogen-bond donors (Lipinski definition) is 2. The maximum Gasteiger partial charge on any atom is 0.354 e. The summed E-state index contributed by atoms with van der Waals surface area (Å²) in [5, 5.41) is 22.2. The van der Waals surface area contributed by atoms with Gasteiger partial charge in [0.2, 0.25) is 0 Å². The molecule has 17 heavy (non-hydrogen) atoms. The Morgan fingerprint density at radius 3 is 2.88 bits per heavy atom. The van der Waals surface area contributed by atoms with Crippen LogP contribution in [0.25, 0.3) is 5.82 Å². The topological polar surface area (TPSA) is 88.2 Å². The van der Waals surface area contributed by atoms with E-state index >= 15 is 0 Å². The summed E-state index contributed by atoms with van der Waals surface area (Å²) in [7, 11) is 0. The average molecular weight is 254 g/mol. The van der Waals surface area contributed by atoms with E-state index in [9.17, 15) is 4.79 Å². The normalized spacial score (nSPS) is 10.5. The van der Waals surface area contributed by atoms with Gasteiger partial charge in [0.1, 0.15) is 0 Å². The molecule has 2 heterocycles. The number of carboxylic acid groups (broad SMARTS) is 1. The molecule has 2 aromatic rings. The molecule has 2 rings (SSSR count). The molecular weight excluding hydrogens is 246 g/mol. The Morgan fingerprint density at radius 1 is 1.53 bits per heavy atom. The number of nitrogens with zero attached hydrogens (tertiary/aromatic N) is 3. The first-order chi connectivity index (χ1) is 8.13. The summed E-state index contributed by atoms with van der Waals surface area (Å²) >= 11 is 5.91. The van der Waals surface area contributed by atoms with Crippen LogP contribution in [0.3, 0.4) is 0 Å². The molecular formula is C10H8ClN3O3. The quantitative estimate of drug-likeness (QED) is 0.855. The van der Waals surface area contributed by atoms with Crippen LogP contribution >= 0.6 is 11.6 Å². The Hall–Kier alpha value is -1.92. The Balaban J connectivity index is 2.62. The lowest BCUT2D eigenvalue weighted by Gasteiger charge is -2.04. The van der Waals surface area contributed by atoms with Crippen molar-refractivity contribution < 1.29 is 15.0 Å². The number of aromatic carboxylic acids is 1. The summed E-state index contributed by atoms with van der Waals surface area (Å²) in [4.78, 5) is 15.0. The molecule has 0 bridgehead atoms. The van der Waals surface area contributed by atoms with Crippen LogP contribution in [0.2, 0.25) is 5.02 Å². The van der Waals surface area contributed by atoms with Gasteiger partial charge < -0.3 is 10.2 Å². The first-order valence-electron chi connectivity index (χ1n) is 4.67. The maximum atomic E-state index is 11.0. The van der Waals surface area contributed by atoms with Crippen molar-refractivity contribution in [2.24, 2.45) is 0 Å². The van der Waals surface area contributed by atoms with Gasteiger partial charge >= 0.3 is 5.97 Å². The van der Waals surface area contributed by atoms with E-state index in [2.05, 4.69) is 10.1 Å². The summed E-state index contributed by atoms with van der Waals surface area (Å²) < 4.78 is 1.09. The van der Waals surface area contributed by atoms with E-state index < -0.39 is 5.97 Å². The summed E-state index contributed by atoms with van der Waals surface area (Å²) in [6, 6.07) is 4.48. The van der Waals surface area contributed by atoms with E-state index in [4.69, 9.17) is 21.8 Å². The molecule has 0 saturated carbocycles. The third kappa shape index (κ3) is 2.13. The van der Waals surface area contributed by atoms with E-state index in [1.54, 1.807) is 12.1 Å². The summed E-state index contributed by atoms with van der Waals surface area (Å²) in [6.07, 6.45) is 1.48. The summed E-state index contributed by atoms with van der Waals surface area (Å²) in [6.45, 7) is -0.349. The molecule has 0 aromatic carbocycles. The number of carboxylic acids is 1. The number of aromatic nitrogens is 3. The average Bonchev–Trinajstić information content (AvgIpc) is 2.73. The van der Waals surface area contributed by atoms with Crippen molar-refractivity contribution in [2.75, 3.05) is 0 Å². The van der Waals surface area contributed by atoms with Crippen LogP contribution in [0.1, 0.15) is 16.2 Å². The molecule has 0 unspecified atom stereocenters. The maximum absolute atomic E-state index is 11.0. The molecule has 88 valence electrons. The molecule has 2 N–H and O–H groups in total. The molecule has 0 aliphatic heterocycles. The lowest BCUT2D eigenvalue weighted by molar-refractivity contribution is 0.0687. The van der Waals surface area contributed by atoms with Gasteiger partial charge in [-0.25, -0.2) is 14.5 Å². The third-order valence-corrected chi connectivity index (χ3v) is 2.38. The highest BCUT2D eigenvalue weighted by Crippen LogP contribution is 2.19. The van der Waals surface area contributed by atoms with Crippen molar-refractivity contribution in [2.45, 2.75) is 6.61 Å². The molecule has 0 fully saturated rings. The smallest absolute Gasteiger partial charge is 0.354 e. The van der Waals surface area contributed by atoms with E-state index in [-0.39, 0.29) is 28.8 Å². The van der Waals surface area contributed by atoms with Gasteiger partial charge in [0, 0.05) is 6.20 Å². The Bertz CT molecular complexity index is 568. The fourth-order valence-electron chi connectivity index (χ4n) is 1.35. The van der Waals surface area contributed by atoms with Crippen LogP contribution in [-0.4, -0.2) is 30.9 Å². The van der Waals surface area contributed by atoms with Gasteiger partial charge in [-0.1, -0.05) is 11.6 Å². The predicted octanol–water partition coefficient (Wildman–Crippen LogP) is 1.11. The van der Waals surface area contributed by atoms with Crippen LogP contribution in [-0.2, 0) is 6.61 Å². The second-order valence-corrected chi connectivity index (χ2v) is 3.61. The van der Waals surface area contributed by atoms with Gasteiger partial charge in [-0.05, 0) is 18.2 Å². The lowest BCUT2D eigenvalue weighted by Crippen LogP contribution is -2.09. The molecule has 0 saturated heterocycles. The minimum absolute atomic E-state index is 0.102. The largest absolute Gasteiger partial charge is 0.477 e. The number of aliphatic hydroxyl groups is 1. The van der Waals surface area contributed by atoms with E-state index in [1.807, 2.05) is 0 Å². The fraction of sp³-hybridized carbons (Fsp3) is 0.100. The lowest BCUT2D eigenvalue weighted by atomic mass is 10.3. The van der Waals surface area contributed by atoms with Crippen molar-refractivity contribution >= 4 is 17.6 Å². The van der Waals surface area contributed by atoms with Crippen LogP contribution in [0, 0.1) is 0 Å². The fourth-order valence-corrected chi connectivity index (χ4v) is 1.56. The Labute approximate surface area is 101 Å². The van der Waals surface area contributed by atoms with Gasteiger partial charge in [-0.15, -0.1) is 0 Å². The third-order valence-electron chi connectivity index (χ3n) is 2.08. The molecule has 7 heteroatoms.